The van der Waals surface area contributed by atoms with Crippen molar-refractivity contribution in [2.24, 2.45) is 0 Å². The lowest BCUT2D eigenvalue weighted by Crippen LogP contribution is -2.39. The van der Waals surface area contributed by atoms with Gasteiger partial charge in [0.1, 0.15) is 0 Å². The zero-order valence-electron chi connectivity index (χ0n) is 12.2. The van der Waals surface area contributed by atoms with E-state index in [1.807, 2.05) is 18.7 Å². The Morgan fingerprint density at radius 2 is 2.20 bits per heavy atom. The van der Waals surface area contributed by atoms with E-state index in [0.717, 1.165) is 32.4 Å². The smallest absolute Gasteiger partial charge is 0.323 e. The Kier molecular flexibility index (Phi) is 5.34. The molecule has 0 aromatic carbocycles. The summed E-state index contributed by atoms with van der Waals surface area (Å²) in [5, 5.41) is 12.8. The molecule has 1 aromatic rings. The van der Waals surface area contributed by atoms with Crippen LogP contribution in [0.2, 0.25) is 0 Å². The molecule has 1 aliphatic heterocycles. The van der Waals surface area contributed by atoms with E-state index in [9.17, 15) is 5.11 Å². The lowest BCUT2D eigenvalue weighted by molar-refractivity contribution is 0.153. The molecule has 1 atom stereocenters. The maximum Gasteiger partial charge on any atom is 0.323 e. The number of piperidine rings is 1. The number of hydrogen-bond donors (Lipinski definition) is 2. The van der Waals surface area contributed by atoms with Crippen molar-refractivity contribution >= 4 is 11.9 Å². The Hall–Kier alpha value is -1.63. The third-order valence-corrected chi connectivity index (χ3v) is 3.05. The first-order valence-corrected chi connectivity index (χ1v) is 7.28. The van der Waals surface area contributed by atoms with Crippen molar-refractivity contribution in [3.05, 3.63) is 0 Å². The summed E-state index contributed by atoms with van der Waals surface area (Å²) in [5.41, 5.74) is 0. The summed E-state index contributed by atoms with van der Waals surface area (Å²) in [5.74, 6) is 1.09. The minimum absolute atomic E-state index is 0.317. The van der Waals surface area contributed by atoms with E-state index in [1.54, 1.807) is 0 Å². The number of β-amino-alcohol motifs (C(OH)–C–C–N with tert-alkyl or cyclic N) is 1. The van der Waals surface area contributed by atoms with Crippen LogP contribution in [-0.2, 0) is 0 Å². The SMILES string of the molecule is CCCOc1nc(NCC)nc(N2CCCC(O)C2)n1. The molecular weight excluding hydrogens is 258 g/mol. The number of nitrogens with one attached hydrogen (secondary N) is 1. The van der Waals surface area contributed by atoms with E-state index in [2.05, 4.69) is 20.3 Å². The van der Waals surface area contributed by atoms with Gasteiger partial charge in [0.05, 0.1) is 12.7 Å². The average molecular weight is 281 g/mol. The summed E-state index contributed by atoms with van der Waals surface area (Å²) >= 11 is 0. The first-order valence-electron chi connectivity index (χ1n) is 7.28. The molecule has 2 heterocycles. The van der Waals surface area contributed by atoms with Crippen LogP contribution in [0.15, 0.2) is 0 Å². The molecule has 7 nitrogen and oxygen atoms in total. The molecule has 0 amide bonds. The summed E-state index contributed by atoms with van der Waals surface area (Å²) < 4.78 is 5.51. The number of rotatable bonds is 6. The molecule has 0 saturated carbocycles. The third-order valence-electron chi connectivity index (χ3n) is 3.05. The van der Waals surface area contributed by atoms with E-state index in [4.69, 9.17) is 4.74 Å². The van der Waals surface area contributed by atoms with Crippen LogP contribution in [0.1, 0.15) is 33.1 Å². The third kappa shape index (κ3) is 3.93. The average Bonchev–Trinajstić information content (AvgIpc) is 2.45. The second-order valence-electron chi connectivity index (χ2n) is 4.86. The summed E-state index contributed by atoms with van der Waals surface area (Å²) in [6, 6.07) is 0.341. The van der Waals surface area contributed by atoms with E-state index in [0.29, 0.717) is 31.1 Å². The molecule has 1 aromatic heterocycles. The molecule has 20 heavy (non-hydrogen) atoms. The van der Waals surface area contributed by atoms with Gasteiger partial charge in [0.2, 0.25) is 11.9 Å². The van der Waals surface area contributed by atoms with Crippen LogP contribution >= 0.6 is 0 Å². The molecule has 1 aliphatic rings. The van der Waals surface area contributed by atoms with Gasteiger partial charge in [-0.2, -0.15) is 15.0 Å². The highest BCUT2D eigenvalue weighted by Gasteiger charge is 2.21. The predicted octanol–water partition coefficient (Wildman–Crippen LogP) is 1.05. The lowest BCUT2D eigenvalue weighted by atomic mass is 10.1. The van der Waals surface area contributed by atoms with Crippen LogP contribution in [0.3, 0.4) is 0 Å². The van der Waals surface area contributed by atoms with E-state index in [-0.39, 0.29) is 6.10 Å². The zero-order chi connectivity index (χ0) is 14.4. The van der Waals surface area contributed by atoms with Gasteiger partial charge in [-0.05, 0) is 26.2 Å². The highest BCUT2D eigenvalue weighted by atomic mass is 16.5. The Morgan fingerprint density at radius 3 is 2.90 bits per heavy atom. The van der Waals surface area contributed by atoms with E-state index >= 15 is 0 Å². The van der Waals surface area contributed by atoms with Crippen molar-refractivity contribution in [1.29, 1.82) is 0 Å². The molecule has 112 valence electrons. The van der Waals surface area contributed by atoms with Crippen molar-refractivity contribution in [1.82, 2.24) is 15.0 Å². The first-order chi connectivity index (χ1) is 9.72. The highest BCUT2D eigenvalue weighted by molar-refractivity contribution is 5.38. The minimum atomic E-state index is -0.317. The van der Waals surface area contributed by atoms with Gasteiger partial charge < -0.3 is 20.1 Å². The number of aliphatic hydroxyl groups excluding tert-OH is 1. The number of ether oxygens (including phenoxy) is 1. The summed E-state index contributed by atoms with van der Waals surface area (Å²) in [6.07, 6.45) is 2.36. The summed E-state index contributed by atoms with van der Waals surface area (Å²) in [7, 11) is 0. The summed E-state index contributed by atoms with van der Waals surface area (Å²) in [6.45, 7) is 6.74. The fraction of sp³-hybridized carbons (Fsp3) is 0.769. The fourth-order valence-corrected chi connectivity index (χ4v) is 2.12. The molecule has 0 aliphatic carbocycles. The lowest BCUT2D eigenvalue weighted by Gasteiger charge is -2.30. The monoisotopic (exact) mass is 281 g/mol. The number of nitrogens with zero attached hydrogens (tertiary/aromatic N) is 4. The Balaban J connectivity index is 2.18. The van der Waals surface area contributed by atoms with Crippen molar-refractivity contribution in [2.75, 3.05) is 36.5 Å². The molecule has 1 fully saturated rings. The van der Waals surface area contributed by atoms with Crippen LogP contribution in [-0.4, -0.2) is 52.4 Å². The van der Waals surface area contributed by atoms with Crippen LogP contribution in [0.25, 0.3) is 0 Å². The van der Waals surface area contributed by atoms with Crippen LogP contribution in [0, 0.1) is 0 Å². The zero-order valence-corrected chi connectivity index (χ0v) is 12.2. The van der Waals surface area contributed by atoms with Crippen molar-refractivity contribution in [3.8, 4) is 6.01 Å². The van der Waals surface area contributed by atoms with Crippen molar-refractivity contribution < 1.29 is 9.84 Å². The van der Waals surface area contributed by atoms with Crippen LogP contribution in [0.5, 0.6) is 6.01 Å². The number of hydrogen-bond acceptors (Lipinski definition) is 7. The predicted molar refractivity (Wildman–Crippen MR) is 77.2 cm³/mol. The quantitative estimate of drug-likeness (QED) is 0.806. The molecule has 1 unspecified atom stereocenters. The van der Waals surface area contributed by atoms with Crippen molar-refractivity contribution in [3.63, 3.8) is 0 Å². The van der Waals surface area contributed by atoms with Gasteiger partial charge in [-0.15, -0.1) is 0 Å². The normalized spacial score (nSPS) is 18.9. The summed E-state index contributed by atoms with van der Waals surface area (Å²) in [4.78, 5) is 14.9. The first kappa shape index (κ1) is 14.8. The molecule has 7 heteroatoms. The second-order valence-corrected chi connectivity index (χ2v) is 4.86. The highest BCUT2D eigenvalue weighted by Crippen LogP contribution is 2.19. The van der Waals surface area contributed by atoms with Gasteiger partial charge in [-0.3, -0.25) is 0 Å². The maximum atomic E-state index is 9.76. The van der Waals surface area contributed by atoms with Gasteiger partial charge in [-0.1, -0.05) is 6.92 Å². The Labute approximate surface area is 119 Å². The van der Waals surface area contributed by atoms with Gasteiger partial charge in [0, 0.05) is 19.6 Å². The molecule has 0 radical (unpaired) electrons. The molecule has 2 N–H and O–H groups in total. The van der Waals surface area contributed by atoms with Crippen LogP contribution in [0.4, 0.5) is 11.9 Å². The molecule has 0 bridgehead atoms. The number of aliphatic hydroxyl groups is 1. The van der Waals surface area contributed by atoms with Gasteiger partial charge in [0.15, 0.2) is 0 Å². The second kappa shape index (κ2) is 7.23. The molecular formula is C13H23N5O2. The largest absolute Gasteiger partial charge is 0.463 e. The van der Waals surface area contributed by atoms with Crippen LogP contribution < -0.4 is 15.0 Å². The molecule has 2 rings (SSSR count). The van der Waals surface area contributed by atoms with E-state index < -0.39 is 0 Å². The van der Waals surface area contributed by atoms with E-state index in [1.165, 1.54) is 0 Å². The molecule has 1 saturated heterocycles. The minimum Gasteiger partial charge on any atom is -0.463 e. The topological polar surface area (TPSA) is 83.4 Å². The Bertz CT molecular complexity index is 429. The number of aromatic nitrogens is 3. The molecule has 0 spiro atoms. The standard InChI is InChI=1S/C13H23N5O2/c1-3-8-20-13-16-11(14-4-2)15-12(17-13)18-7-5-6-10(19)9-18/h10,19H,3-9H2,1-2H3,(H,14,15,16,17). The van der Waals surface area contributed by atoms with Crippen molar-refractivity contribution in [2.45, 2.75) is 39.2 Å². The maximum absolute atomic E-state index is 9.76. The fourth-order valence-electron chi connectivity index (χ4n) is 2.12. The number of anilines is 2. The Morgan fingerprint density at radius 1 is 1.35 bits per heavy atom. The van der Waals surface area contributed by atoms with Gasteiger partial charge in [0.25, 0.3) is 0 Å². The van der Waals surface area contributed by atoms with Gasteiger partial charge >= 0.3 is 6.01 Å². The van der Waals surface area contributed by atoms with Gasteiger partial charge in [-0.25, -0.2) is 0 Å².